The van der Waals surface area contributed by atoms with Crippen molar-refractivity contribution >= 4 is 5.78 Å². The number of hydrogen-bond donors (Lipinski definition) is 0. The summed E-state index contributed by atoms with van der Waals surface area (Å²) in [4.78, 5) is 13.6. The third-order valence-electron chi connectivity index (χ3n) is 3.94. The molecule has 1 aliphatic carbocycles. The normalized spacial score (nSPS) is 17.7. The van der Waals surface area contributed by atoms with Crippen LogP contribution in [0.4, 0.5) is 0 Å². The lowest BCUT2D eigenvalue weighted by Crippen LogP contribution is -2.35. The smallest absolute Gasteiger partial charge is 0.133 e. The molecule has 0 unspecified atom stereocenters. The summed E-state index contributed by atoms with van der Waals surface area (Å²) in [6, 6.07) is 2.73. The summed E-state index contributed by atoms with van der Waals surface area (Å²) in [5.41, 5.74) is 2.41. The second-order valence-electron chi connectivity index (χ2n) is 5.29. The van der Waals surface area contributed by atoms with Gasteiger partial charge in [-0.05, 0) is 32.4 Å². The number of ketones is 1. The van der Waals surface area contributed by atoms with Gasteiger partial charge in [-0.3, -0.25) is 14.4 Å². The van der Waals surface area contributed by atoms with Crippen LogP contribution in [0.25, 0.3) is 0 Å². The summed E-state index contributed by atoms with van der Waals surface area (Å²) < 4.78 is 1.98. The van der Waals surface area contributed by atoms with Crippen LogP contribution >= 0.6 is 0 Å². The van der Waals surface area contributed by atoms with Gasteiger partial charge in [-0.15, -0.1) is 0 Å². The van der Waals surface area contributed by atoms with Gasteiger partial charge in [-0.2, -0.15) is 5.10 Å². The van der Waals surface area contributed by atoms with E-state index in [-0.39, 0.29) is 0 Å². The van der Waals surface area contributed by atoms with Crippen LogP contribution in [0.15, 0.2) is 6.07 Å². The first-order chi connectivity index (χ1) is 8.60. The molecule has 4 heteroatoms. The zero-order chi connectivity index (χ0) is 13.1. The van der Waals surface area contributed by atoms with E-state index in [1.807, 2.05) is 11.7 Å². The highest BCUT2D eigenvalue weighted by molar-refractivity contribution is 5.79. The molecule has 0 aliphatic heterocycles. The van der Waals surface area contributed by atoms with E-state index in [2.05, 4.69) is 30.0 Å². The molecule has 100 valence electrons. The maximum Gasteiger partial charge on any atom is 0.133 e. The fraction of sp³-hybridized carbons (Fsp3) is 0.714. The minimum absolute atomic E-state index is 0.424. The molecule has 0 saturated heterocycles. The van der Waals surface area contributed by atoms with Gasteiger partial charge < -0.3 is 0 Å². The van der Waals surface area contributed by atoms with Crippen molar-refractivity contribution in [2.24, 2.45) is 7.05 Å². The molecule has 2 rings (SSSR count). The highest BCUT2D eigenvalue weighted by atomic mass is 16.1. The molecular weight excluding hydrogens is 226 g/mol. The van der Waals surface area contributed by atoms with Crippen molar-refractivity contribution in [3.8, 4) is 0 Å². The first-order valence-corrected chi connectivity index (χ1v) is 6.84. The minimum atomic E-state index is 0.424. The van der Waals surface area contributed by atoms with Crippen LogP contribution in [-0.4, -0.2) is 33.6 Å². The fourth-order valence-corrected chi connectivity index (χ4v) is 2.64. The van der Waals surface area contributed by atoms with E-state index < -0.39 is 0 Å². The number of aromatic nitrogens is 2. The molecule has 0 radical (unpaired) electrons. The molecule has 0 spiro atoms. The molecule has 1 saturated carbocycles. The molecule has 1 fully saturated rings. The average molecular weight is 249 g/mol. The molecule has 0 aromatic carbocycles. The predicted molar refractivity (Wildman–Crippen MR) is 71.3 cm³/mol. The Labute approximate surface area is 109 Å². The number of Topliss-reactive ketones (excluding diaryl/α,β-unsaturated/α-hetero) is 1. The Kier molecular flexibility index (Phi) is 4.17. The number of hydrogen-bond acceptors (Lipinski definition) is 3. The largest absolute Gasteiger partial charge is 0.300 e. The summed E-state index contributed by atoms with van der Waals surface area (Å²) in [5, 5.41) is 4.48. The minimum Gasteiger partial charge on any atom is -0.300 e. The van der Waals surface area contributed by atoms with E-state index in [0.29, 0.717) is 11.8 Å². The van der Waals surface area contributed by atoms with E-state index in [1.165, 1.54) is 5.69 Å². The average Bonchev–Trinajstić information content (AvgIpc) is 2.71. The molecule has 1 aliphatic rings. The van der Waals surface area contributed by atoms with E-state index in [1.54, 1.807) is 0 Å². The lowest BCUT2D eigenvalue weighted by Gasteiger charge is -2.30. The van der Waals surface area contributed by atoms with Gasteiger partial charge in [0.2, 0.25) is 0 Å². The maximum atomic E-state index is 11.3. The first-order valence-electron chi connectivity index (χ1n) is 6.84. The van der Waals surface area contributed by atoms with Crippen molar-refractivity contribution in [3.63, 3.8) is 0 Å². The van der Waals surface area contributed by atoms with Crippen LogP contribution in [0.2, 0.25) is 0 Å². The zero-order valence-corrected chi connectivity index (χ0v) is 11.6. The molecule has 4 nitrogen and oxygen atoms in total. The number of nitrogens with zero attached hydrogens (tertiary/aromatic N) is 3. The van der Waals surface area contributed by atoms with Crippen molar-refractivity contribution in [2.45, 2.75) is 51.6 Å². The molecule has 1 aromatic rings. The molecule has 0 amide bonds. The lowest BCUT2D eigenvalue weighted by molar-refractivity contribution is -0.121. The van der Waals surface area contributed by atoms with E-state index in [0.717, 1.165) is 44.3 Å². The Balaban J connectivity index is 1.95. The Morgan fingerprint density at radius 2 is 2.11 bits per heavy atom. The van der Waals surface area contributed by atoms with Gasteiger partial charge in [0.1, 0.15) is 5.78 Å². The number of carbonyl (C=O) groups excluding carboxylic acids is 1. The summed E-state index contributed by atoms with van der Waals surface area (Å²) >= 11 is 0. The fourth-order valence-electron chi connectivity index (χ4n) is 2.64. The maximum absolute atomic E-state index is 11.3. The topological polar surface area (TPSA) is 38.1 Å². The Hall–Kier alpha value is -1.16. The second kappa shape index (κ2) is 5.65. The molecule has 0 atom stereocenters. The van der Waals surface area contributed by atoms with E-state index >= 15 is 0 Å². The van der Waals surface area contributed by atoms with Gasteiger partial charge >= 0.3 is 0 Å². The van der Waals surface area contributed by atoms with Crippen molar-refractivity contribution in [3.05, 3.63) is 17.5 Å². The van der Waals surface area contributed by atoms with Gasteiger partial charge in [0.05, 0.1) is 11.4 Å². The molecule has 18 heavy (non-hydrogen) atoms. The third-order valence-corrected chi connectivity index (χ3v) is 3.94. The second-order valence-corrected chi connectivity index (χ2v) is 5.29. The van der Waals surface area contributed by atoms with Crippen LogP contribution in [0.3, 0.4) is 0 Å². The zero-order valence-electron chi connectivity index (χ0n) is 11.6. The van der Waals surface area contributed by atoms with Gasteiger partial charge in [0, 0.05) is 32.5 Å². The summed E-state index contributed by atoms with van der Waals surface area (Å²) in [6.07, 6.45) is 4.50. The monoisotopic (exact) mass is 249 g/mol. The van der Waals surface area contributed by atoms with Gasteiger partial charge in [0.25, 0.3) is 0 Å². The lowest BCUT2D eigenvalue weighted by atomic mass is 9.93. The van der Waals surface area contributed by atoms with E-state index in [4.69, 9.17) is 0 Å². The van der Waals surface area contributed by atoms with Crippen molar-refractivity contribution in [2.75, 3.05) is 7.05 Å². The van der Waals surface area contributed by atoms with Crippen LogP contribution in [-0.2, 0) is 24.8 Å². The van der Waals surface area contributed by atoms with Crippen molar-refractivity contribution in [1.29, 1.82) is 0 Å². The molecule has 0 N–H and O–H groups in total. The van der Waals surface area contributed by atoms with Crippen LogP contribution in [0.5, 0.6) is 0 Å². The number of rotatable bonds is 4. The summed E-state index contributed by atoms with van der Waals surface area (Å²) in [5.74, 6) is 0.424. The molecular formula is C14H23N3O. The standard InChI is InChI=1S/C14H23N3O/c1-4-11-9-13(17(3)15-11)10-16(2)12-5-7-14(18)8-6-12/h9,12H,4-8,10H2,1-3H3. The van der Waals surface area contributed by atoms with E-state index in [9.17, 15) is 4.79 Å². The van der Waals surface area contributed by atoms with Gasteiger partial charge in [-0.1, -0.05) is 6.92 Å². The highest BCUT2D eigenvalue weighted by Crippen LogP contribution is 2.21. The van der Waals surface area contributed by atoms with Gasteiger partial charge in [-0.25, -0.2) is 0 Å². The Bertz CT molecular complexity index is 415. The predicted octanol–water partition coefficient (Wildman–Crippen LogP) is 1.93. The van der Waals surface area contributed by atoms with Crippen LogP contribution in [0, 0.1) is 0 Å². The summed E-state index contributed by atoms with van der Waals surface area (Å²) in [7, 11) is 4.16. The van der Waals surface area contributed by atoms with Gasteiger partial charge in [0.15, 0.2) is 0 Å². The number of carbonyl (C=O) groups is 1. The van der Waals surface area contributed by atoms with Crippen molar-refractivity contribution in [1.82, 2.24) is 14.7 Å². The van der Waals surface area contributed by atoms with Crippen LogP contribution in [0.1, 0.15) is 44.0 Å². The highest BCUT2D eigenvalue weighted by Gasteiger charge is 2.22. The molecule has 1 heterocycles. The third kappa shape index (κ3) is 2.99. The summed E-state index contributed by atoms with van der Waals surface area (Å²) in [6.45, 7) is 3.05. The molecule has 1 aromatic heterocycles. The first kappa shape index (κ1) is 13.3. The Morgan fingerprint density at radius 3 is 2.67 bits per heavy atom. The van der Waals surface area contributed by atoms with Crippen LogP contribution < -0.4 is 0 Å². The van der Waals surface area contributed by atoms with Crippen molar-refractivity contribution < 1.29 is 4.79 Å². The quantitative estimate of drug-likeness (QED) is 0.818. The SMILES string of the molecule is CCc1cc(CN(C)C2CCC(=O)CC2)n(C)n1. The number of aryl methyl sites for hydroxylation is 2. The Morgan fingerprint density at radius 1 is 1.44 bits per heavy atom. The molecule has 0 bridgehead atoms.